The van der Waals surface area contributed by atoms with Crippen LogP contribution in [0.4, 0.5) is 0 Å². The van der Waals surface area contributed by atoms with E-state index in [2.05, 4.69) is 36.3 Å². The fourth-order valence-corrected chi connectivity index (χ4v) is 3.60. The Bertz CT molecular complexity index is 968. The Morgan fingerprint density at radius 3 is 2.71 bits per heavy atom. The highest BCUT2D eigenvalue weighted by molar-refractivity contribution is 5.94. The number of nitrogens with one attached hydrogen (secondary N) is 2. The molecule has 0 amide bonds. The molecule has 1 aliphatic rings. The second-order valence-electron chi connectivity index (χ2n) is 8.18. The fourth-order valence-electron chi connectivity index (χ4n) is 3.60. The molecule has 2 aromatic rings. The summed E-state index contributed by atoms with van der Waals surface area (Å²) in [6, 6.07) is 11.6. The van der Waals surface area contributed by atoms with E-state index in [-0.39, 0.29) is 5.92 Å². The van der Waals surface area contributed by atoms with Gasteiger partial charge in [-0.1, -0.05) is 19.9 Å². The monoisotopic (exact) mass is 418 g/mol. The number of rotatable bonds is 8. The first-order chi connectivity index (χ1) is 15.0. The van der Waals surface area contributed by atoms with Crippen molar-refractivity contribution in [1.29, 1.82) is 10.7 Å². The molecule has 1 aliphatic heterocycles. The highest BCUT2D eigenvalue weighted by Crippen LogP contribution is 2.31. The van der Waals surface area contributed by atoms with E-state index in [1.165, 1.54) is 5.56 Å². The Morgan fingerprint density at radius 2 is 2.10 bits per heavy atom. The number of nitriles is 1. The van der Waals surface area contributed by atoms with Crippen molar-refractivity contribution < 1.29 is 9.47 Å². The number of aromatic nitrogens is 1. The van der Waals surface area contributed by atoms with Crippen molar-refractivity contribution in [2.75, 3.05) is 20.3 Å². The molecule has 162 valence electrons. The lowest BCUT2D eigenvalue weighted by molar-refractivity contribution is 0.0828. The van der Waals surface area contributed by atoms with E-state index in [9.17, 15) is 5.26 Å². The predicted octanol–water partition coefficient (Wildman–Crippen LogP) is 4.70. The van der Waals surface area contributed by atoms with Gasteiger partial charge in [-0.15, -0.1) is 0 Å². The van der Waals surface area contributed by atoms with Gasteiger partial charge in [-0.2, -0.15) is 5.26 Å². The molecule has 0 saturated carbocycles. The third kappa shape index (κ3) is 6.16. The molecular formula is C25H30N4O2. The smallest absolute Gasteiger partial charge is 0.195 e. The minimum Gasteiger partial charge on any atom is -0.441 e. The quantitative estimate of drug-likeness (QED) is 0.479. The topological polar surface area (TPSA) is 91.0 Å². The zero-order valence-corrected chi connectivity index (χ0v) is 18.4. The lowest BCUT2D eigenvalue weighted by Gasteiger charge is -2.22. The molecular weight excluding hydrogens is 388 g/mol. The van der Waals surface area contributed by atoms with Crippen LogP contribution in [0, 0.1) is 28.6 Å². The van der Waals surface area contributed by atoms with Gasteiger partial charge in [-0.3, -0.25) is 4.98 Å². The van der Waals surface area contributed by atoms with Gasteiger partial charge in [-0.05, 0) is 55.0 Å². The first-order valence-electron chi connectivity index (χ1n) is 10.7. The number of benzene rings is 1. The Labute approximate surface area is 184 Å². The summed E-state index contributed by atoms with van der Waals surface area (Å²) in [4.78, 5) is 4.63. The number of hydrogen-bond donors (Lipinski definition) is 2. The normalized spacial score (nSPS) is 14.9. The maximum Gasteiger partial charge on any atom is 0.195 e. The average molecular weight is 419 g/mol. The van der Waals surface area contributed by atoms with Crippen LogP contribution in [0.3, 0.4) is 0 Å². The highest BCUT2D eigenvalue weighted by atomic mass is 16.5. The molecule has 0 radical (unpaired) electrons. The molecule has 0 unspecified atom stereocenters. The summed E-state index contributed by atoms with van der Waals surface area (Å²) >= 11 is 0. The summed E-state index contributed by atoms with van der Waals surface area (Å²) in [6.07, 6.45) is 6.28. The summed E-state index contributed by atoms with van der Waals surface area (Å²) in [5.74, 6) is 1.73. The van der Waals surface area contributed by atoms with Crippen molar-refractivity contribution in [3.63, 3.8) is 0 Å². The van der Waals surface area contributed by atoms with Gasteiger partial charge in [0.1, 0.15) is 5.75 Å². The van der Waals surface area contributed by atoms with Crippen molar-refractivity contribution >= 4 is 5.71 Å². The van der Waals surface area contributed by atoms with Crippen molar-refractivity contribution in [1.82, 2.24) is 10.3 Å². The second-order valence-corrected chi connectivity index (χ2v) is 8.18. The van der Waals surface area contributed by atoms with Crippen molar-refractivity contribution in [2.45, 2.75) is 33.1 Å². The number of allylic oxidation sites excluding steroid dienone is 1. The Hall–Kier alpha value is -3.17. The van der Waals surface area contributed by atoms with Crippen LogP contribution in [0.25, 0.3) is 11.3 Å². The van der Waals surface area contributed by atoms with Crippen molar-refractivity contribution in [3.8, 4) is 23.1 Å². The average Bonchev–Trinajstić information content (AvgIpc) is 2.79. The molecule has 0 bridgehead atoms. The van der Waals surface area contributed by atoms with Crippen LogP contribution < -0.4 is 10.1 Å². The number of nitrogens with zero attached hydrogens (tertiary/aromatic N) is 2. The van der Waals surface area contributed by atoms with Crippen LogP contribution in [-0.4, -0.2) is 31.0 Å². The van der Waals surface area contributed by atoms with Crippen LogP contribution in [0.1, 0.15) is 37.8 Å². The second kappa shape index (κ2) is 10.7. The highest BCUT2D eigenvalue weighted by Gasteiger charge is 2.18. The van der Waals surface area contributed by atoms with Gasteiger partial charge >= 0.3 is 0 Å². The Morgan fingerprint density at radius 1 is 1.32 bits per heavy atom. The van der Waals surface area contributed by atoms with Crippen molar-refractivity contribution in [3.05, 3.63) is 59.6 Å². The van der Waals surface area contributed by atoms with Gasteiger partial charge in [0, 0.05) is 49.7 Å². The lowest BCUT2D eigenvalue weighted by Crippen LogP contribution is -2.23. The van der Waals surface area contributed by atoms with E-state index in [0.29, 0.717) is 42.0 Å². The molecule has 6 nitrogen and oxygen atoms in total. The van der Waals surface area contributed by atoms with E-state index < -0.39 is 0 Å². The van der Waals surface area contributed by atoms with Gasteiger partial charge in [0.15, 0.2) is 5.88 Å². The molecule has 3 rings (SSSR count). The van der Waals surface area contributed by atoms with E-state index >= 15 is 0 Å². The Kier molecular flexibility index (Phi) is 7.80. The van der Waals surface area contributed by atoms with Gasteiger partial charge in [0.25, 0.3) is 0 Å². The van der Waals surface area contributed by atoms with Crippen LogP contribution in [0.15, 0.2) is 48.5 Å². The molecule has 2 N–H and O–H groups in total. The number of pyridine rings is 1. The molecule has 0 atom stereocenters. The van der Waals surface area contributed by atoms with Gasteiger partial charge in [0.05, 0.1) is 17.3 Å². The largest absolute Gasteiger partial charge is 0.441 e. The van der Waals surface area contributed by atoms with E-state index in [1.807, 2.05) is 18.3 Å². The molecule has 1 aromatic heterocycles. The van der Waals surface area contributed by atoms with Gasteiger partial charge < -0.3 is 20.2 Å². The summed E-state index contributed by atoms with van der Waals surface area (Å²) in [5, 5.41) is 20.8. The van der Waals surface area contributed by atoms with Crippen LogP contribution in [0.2, 0.25) is 0 Å². The molecule has 31 heavy (non-hydrogen) atoms. The first kappa shape index (κ1) is 22.5. The van der Waals surface area contributed by atoms with Crippen LogP contribution in [0.5, 0.6) is 5.75 Å². The Balaban J connectivity index is 1.87. The summed E-state index contributed by atoms with van der Waals surface area (Å²) < 4.78 is 11.5. The van der Waals surface area contributed by atoms with E-state index in [4.69, 9.17) is 14.9 Å². The van der Waals surface area contributed by atoms with Gasteiger partial charge in [0.2, 0.25) is 0 Å². The third-order valence-corrected chi connectivity index (χ3v) is 5.27. The number of ether oxygens (including phenoxy) is 2. The standard InChI is InChI=1S/C25H30N4O2/c1-17(2)12-19-5-7-23(29-16-19)21-6-4-18(15-26)13-24(21)31-25(28-3)14-22(27)20-8-10-30-11-9-20/h4-7,13-14,16-17,20,27-28H,8-12H2,1-3H3/b25-14+,27-22?. The van der Waals surface area contributed by atoms with E-state index in [1.54, 1.807) is 25.3 Å². The zero-order valence-electron chi connectivity index (χ0n) is 18.4. The van der Waals surface area contributed by atoms with Crippen molar-refractivity contribution in [2.24, 2.45) is 11.8 Å². The minimum absolute atomic E-state index is 0.167. The molecule has 1 aromatic carbocycles. The molecule has 0 spiro atoms. The van der Waals surface area contributed by atoms with Crippen LogP contribution >= 0.6 is 0 Å². The SMILES string of the molecule is CN/C(=C\C(=N)C1CCOCC1)Oc1cc(C#N)ccc1-c1ccc(CC(C)C)cn1. The molecule has 6 heteroatoms. The maximum absolute atomic E-state index is 9.35. The lowest BCUT2D eigenvalue weighted by atomic mass is 9.94. The zero-order chi connectivity index (χ0) is 22.2. The first-order valence-corrected chi connectivity index (χ1v) is 10.7. The third-order valence-electron chi connectivity index (χ3n) is 5.27. The van der Waals surface area contributed by atoms with E-state index in [0.717, 1.165) is 30.5 Å². The number of hydrogen-bond acceptors (Lipinski definition) is 6. The van der Waals surface area contributed by atoms with Gasteiger partial charge in [-0.25, -0.2) is 0 Å². The molecule has 1 fully saturated rings. The van der Waals surface area contributed by atoms with Crippen LogP contribution in [-0.2, 0) is 11.2 Å². The molecule has 2 heterocycles. The molecule has 0 aliphatic carbocycles. The summed E-state index contributed by atoms with van der Waals surface area (Å²) in [7, 11) is 1.76. The summed E-state index contributed by atoms with van der Waals surface area (Å²) in [5.41, 5.74) is 3.79. The maximum atomic E-state index is 9.35. The predicted molar refractivity (Wildman–Crippen MR) is 122 cm³/mol. The molecule has 1 saturated heterocycles. The summed E-state index contributed by atoms with van der Waals surface area (Å²) in [6.45, 7) is 5.74. The minimum atomic E-state index is 0.167. The fraction of sp³-hybridized carbons (Fsp3) is 0.400.